The lowest BCUT2D eigenvalue weighted by Crippen LogP contribution is -2.39. The predicted molar refractivity (Wildman–Crippen MR) is 98.9 cm³/mol. The number of imidazole rings is 1. The molecule has 3 rings (SSSR count). The zero-order chi connectivity index (χ0) is 16.8. The number of carbonyl (C=O) groups excluding carboxylic acids is 1. The average molecular weight is 343 g/mol. The molecule has 24 heavy (non-hydrogen) atoms. The first-order valence-corrected chi connectivity index (χ1v) is 9.58. The van der Waals surface area contributed by atoms with Crippen LogP contribution in [-0.4, -0.2) is 32.9 Å². The molecule has 1 atom stereocenters. The number of rotatable bonds is 5. The van der Waals surface area contributed by atoms with Crippen LogP contribution in [0.5, 0.6) is 0 Å². The Morgan fingerprint density at radius 2 is 2.33 bits per heavy atom. The van der Waals surface area contributed by atoms with Crippen molar-refractivity contribution < 1.29 is 4.79 Å². The van der Waals surface area contributed by atoms with Gasteiger partial charge in [0.15, 0.2) is 0 Å². The van der Waals surface area contributed by atoms with E-state index in [0.717, 1.165) is 31.5 Å². The Morgan fingerprint density at radius 1 is 1.42 bits per heavy atom. The lowest BCUT2D eigenvalue weighted by Gasteiger charge is -2.28. The Labute approximate surface area is 147 Å². The second kappa shape index (κ2) is 8.29. The Bertz CT molecular complexity index is 675. The zero-order valence-corrected chi connectivity index (χ0v) is 15.0. The van der Waals surface area contributed by atoms with Crippen LogP contribution < -0.4 is 0 Å². The second-order valence-electron chi connectivity index (χ2n) is 6.37. The van der Waals surface area contributed by atoms with Gasteiger partial charge in [0.05, 0.1) is 12.4 Å². The molecule has 0 spiro atoms. The van der Waals surface area contributed by atoms with Gasteiger partial charge < -0.3 is 9.47 Å². The number of likely N-dealkylation sites (tertiary alicyclic amines) is 1. The summed E-state index contributed by atoms with van der Waals surface area (Å²) >= 11 is 1.74. The largest absolute Gasteiger partial charge is 0.338 e. The molecule has 5 heteroatoms. The van der Waals surface area contributed by atoms with Crippen LogP contribution in [0.3, 0.4) is 0 Å². The molecule has 0 bridgehead atoms. The molecule has 128 valence electrons. The monoisotopic (exact) mass is 343 g/mol. The molecule has 1 fully saturated rings. The van der Waals surface area contributed by atoms with Gasteiger partial charge in [-0.25, -0.2) is 4.98 Å². The maximum atomic E-state index is 12.8. The molecule has 0 aromatic carbocycles. The maximum absolute atomic E-state index is 12.8. The molecule has 2 aromatic heterocycles. The Morgan fingerprint density at radius 3 is 3.08 bits per heavy atom. The van der Waals surface area contributed by atoms with E-state index in [2.05, 4.69) is 39.5 Å². The lowest BCUT2D eigenvalue weighted by atomic mass is 10.1. The summed E-state index contributed by atoms with van der Waals surface area (Å²) in [5.74, 6) is 0.263. The van der Waals surface area contributed by atoms with Crippen LogP contribution in [0.2, 0.25) is 0 Å². The van der Waals surface area contributed by atoms with Gasteiger partial charge >= 0.3 is 0 Å². The summed E-state index contributed by atoms with van der Waals surface area (Å²) in [5.41, 5.74) is 1.11. The average Bonchev–Trinajstić information content (AvgIpc) is 3.18. The van der Waals surface area contributed by atoms with Crippen molar-refractivity contribution in [2.75, 3.05) is 6.54 Å². The molecule has 0 N–H and O–H groups in total. The molecule has 0 radical (unpaired) electrons. The standard InChI is InChI=1S/C19H25N3OS/c1-21-15-20-14-17(21)9-11-19(23)22-12-4-2-3-6-16(22)8-10-18-7-5-13-24-18/h5,7-8,10,13-16H,2-4,6,9,11-12H2,1H3/b10-8+/t16-/m1/s1. The van der Waals surface area contributed by atoms with Crippen LogP contribution in [0, 0.1) is 0 Å². The molecule has 2 aromatic rings. The van der Waals surface area contributed by atoms with Gasteiger partial charge in [-0.3, -0.25) is 4.79 Å². The summed E-state index contributed by atoms with van der Waals surface area (Å²) in [4.78, 5) is 20.3. The molecule has 0 saturated carbocycles. The van der Waals surface area contributed by atoms with Crippen molar-refractivity contribution in [3.05, 3.63) is 46.7 Å². The van der Waals surface area contributed by atoms with Gasteiger partial charge in [0.2, 0.25) is 5.91 Å². The fourth-order valence-electron chi connectivity index (χ4n) is 3.24. The molecular weight excluding hydrogens is 318 g/mol. The number of aromatic nitrogens is 2. The minimum atomic E-state index is 0.230. The van der Waals surface area contributed by atoms with E-state index in [0.29, 0.717) is 6.42 Å². The summed E-state index contributed by atoms with van der Waals surface area (Å²) in [6, 6.07) is 4.41. The van der Waals surface area contributed by atoms with Crippen molar-refractivity contribution in [3.8, 4) is 0 Å². The number of amides is 1. The van der Waals surface area contributed by atoms with E-state index in [1.165, 1.54) is 17.7 Å². The normalized spacial score (nSPS) is 18.9. The van der Waals surface area contributed by atoms with Crippen LogP contribution in [-0.2, 0) is 18.3 Å². The Hall–Kier alpha value is -1.88. The lowest BCUT2D eigenvalue weighted by molar-refractivity contribution is -0.132. The van der Waals surface area contributed by atoms with Gasteiger partial charge in [0.25, 0.3) is 0 Å². The third-order valence-electron chi connectivity index (χ3n) is 4.66. The number of aryl methyl sites for hydroxylation is 2. The van der Waals surface area contributed by atoms with E-state index in [4.69, 9.17) is 0 Å². The number of hydrogen-bond donors (Lipinski definition) is 0. The summed E-state index contributed by atoms with van der Waals surface area (Å²) in [7, 11) is 1.98. The number of carbonyl (C=O) groups is 1. The molecule has 3 heterocycles. The second-order valence-corrected chi connectivity index (χ2v) is 7.35. The van der Waals surface area contributed by atoms with Crippen molar-refractivity contribution in [2.24, 2.45) is 7.05 Å². The van der Waals surface area contributed by atoms with E-state index in [9.17, 15) is 4.79 Å². The molecule has 0 aliphatic carbocycles. The Balaban J connectivity index is 1.64. The van der Waals surface area contributed by atoms with Crippen molar-refractivity contribution >= 4 is 23.3 Å². The third kappa shape index (κ3) is 4.35. The van der Waals surface area contributed by atoms with E-state index < -0.39 is 0 Å². The van der Waals surface area contributed by atoms with E-state index in [1.807, 2.05) is 17.8 Å². The first-order valence-electron chi connectivity index (χ1n) is 8.70. The van der Waals surface area contributed by atoms with Crippen LogP contribution in [0.25, 0.3) is 6.08 Å². The van der Waals surface area contributed by atoms with E-state index >= 15 is 0 Å². The van der Waals surface area contributed by atoms with Crippen LogP contribution in [0.15, 0.2) is 36.1 Å². The van der Waals surface area contributed by atoms with Gasteiger partial charge in [-0.15, -0.1) is 11.3 Å². The minimum absolute atomic E-state index is 0.230. The van der Waals surface area contributed by atoms with Gasteiger partial charge in [-0.2, -0.15) is 0 Å². The fourth-order valence-corrected chi connectivity index (χ4v) is 3.87. The fraction of sp³-hybridized carbons (Fsp3) is 0.474. The summed E-state index contributed by atoms with van der Waals surface area (Å²) in [6.45, 7) is 0.879. The van der Waals surface area contributed by atoms with Crippen LogP contribution >= 0.6 is 11.3 Å². The highest BCUT2D eigenvalue weighted by Crippen LogP contribution is 2.21. The summed E-state index contributed by atoms with van der Waals surface area (Å²) in [6.07, 6.45) is 13.9. The first-order chi connectivity index (χ1) is 11.7. The minimum Gasteiger partial charge on any atom is -0.338 e. The number of hydrogen-bond acceptors (Lipinski definition) is 3. The van der Waals surface area contributed by atoms with E-state index in [-0.39, 0.29) is 11.9 Å². The quantitative estimate of drug-likeness (QED) is 0.826. The molecular formula is C19H25N3OS. The molecule has 1 aliphatic rings. The van der Waals surface area contributed by atoms with Gasteiger partial charge in [-0.1, -0.05) is 25.0 Å². The maximum Gasteiger partial charge on any atom is 0.223 e. The Kier molecular flexibility index (Phi) is 5.86. The third-order valence-corrected chi connectivity index (χ3v) is 5.49. The van der Waals surface area contributed by atoms with E-state index in [1.54, 1.807) is 17.7 Å². The van der Waals surface area contributed by atoms with Crippen molar-refractivity contribution in [3.63, 3.8) is 0 Å². The molecule has 1 aliphatic heterocycles. The molecule has 1 amide bonds. The highest BCUT2D eigenvalue weighted by atomic mass is 32.1. The highest BCUT2D eigenvalue weighted by Gasteiger charge is 2.23. The first kappa shape index (κ1) is 17.0. The smallest absolute Gasteiger partial charge is 0.223 e. The predicted octanol–water partition coefficient (Wildman–Crippen LogP) is 3.90. The van der Waals surface area contributed by atoms with Gasteiger partial charge in [0, 0.05) is 36.8 Å². The van der Waals surface area contributed by atoms with Crippen LogP contribution in [0.1, 0.15) is 42.7 Å². The summed E-state index contributed by atoms with van der Waals surface area (Å²) < 4.78 is 1.99. The molecule has 1 saturated heterocycles. The van der Waals surface area contributed by atoms with Crippen LogP contribution in [0.4, 0.5) is 0 Å². The highest BCUT2D eigenvalue weighted by molar-refractivity contribution is 7.10. The molecule has 0 unspecified atom stereocenters. The van der Waals surface area contributed by atoms with Gasteiger partial charge in [-0.05, 0) is 36.8 Å². The van der Waals surface area contributed by atoms with Crippen molar-refractivity contribution in [2.45, 2.75) is 44.6 Å². The van der Waals surface area contributed by atoms with Crippen molar-refractivity contribution in [1.82, 2.24) is 14.5 Å². The number of thiophene rings is 1. The SMILES string of the molecule is Cn1cncc1CCC(=O)N1CCCCC[C@@H]1/C=C/c1cccs1. The van der Waals surface area contributed by atoms with Gasteiger partial charge in [0.1, 0.15) is 0 Å². The topological polar surface area (TPSA) is 38.1 Å². The summed E-state index contributed by atoms with van der Waals surface area (Å²) in [5, 5.41) is 2.09. The molecule has 4 nitrogen and oxygen atoms in total. The zero-order valence-electron chi connectivity index (χ0n) is 14.2. The van der Waals surface area contributed by atoms with Crippen molar-refractivity contribution in [1.29, 1.82) is 0 Å². The number of nitrogens with zero attached hydrogens (tertiary/aromatic N) is 3.